The summed E-state index contributed by atoms with van der Waals surface area (Å²) in [5.74, 6) is -0.517. The number of nitrogens with two attached hydrogens (primary N) is 1. The van der Waals surface area contributed by atoms with Crippen molar-refractivity contribution in [1.29, 1.82) is 0 Å². The molecule has 7 heteroatoms. The number of benzene rings is 2. The van der Waals surface area contributed by atoms with Gasteiger partial charge in [-0.3, -0.25) is 0 Å². The molecule has 1 aliphatic rings. The molecule has 2 aromatic rings. The first-order valence-corrected chi connectivity index (χ1v) is 10.3. The van der Waals surface area contributed by atoms with E-state index in [1.54, 1.807) is 20.8 Å². The molecule has 0 unspecified atom stereocenters. The fourth-order valence-electron chi connectivity index (χ4n) is 3.73. The van der Waals surface area contributed by atoms with Gasteiger partial charge in [0.15, 0.2) is 0 Å². The smallest absolute Gasteiger partial charge is 0.407 e. The molecule has 0 spiro atoms. The van der Waals surface area contributed by atoms with Gasteiger partial charge < -0.3 is 20.5 Å². The lowest BCUT2D eigenvalue weighted by Crippen LogP contribution is -2.44. The third-order valence-electron chi connectivity index (χ3n) is 5.02. The van der Waals surface area contributed by atoms with Crippen molar-refractivity contribution in [3.8, 4) is 11.1 Å². The Morgan fingerprint density at radius 2 is 1.58 bits per heavy atom. The molecule has 3 rings (SSSR count). The molecule has 0 saturated heterocycles. The molecule has 1 amide bonds. The average molecular weight is 447 g/mol. The number of rotatable bonds is 7. The van der Waals surface area contributed by atoms with Gasteiger partial charge in [0.2, 0.25) is 0 Å². The van der Waals surface area contributed by atoms with Crippen LogP contribution in [-0.4, -0.2) is 36.9 Å². The lowest BCUT2D eigenvalue weighted by molar-refractivity contribution is -0.157. The molecule has 0 heterocycles. The average Bonchev–Trinajstić information content (AvgIpc) is 3.02. The molecule has 6 nitrogen and oxygen atoms in total. The van der Waals surface area contributed by atoms with E-state index >= 15 is 0 Å². The Labute approximate surface area is 189 Å². The molecule has 0 aliphatic heterocycles. The van der Waals surface area contributed by atoms with E-state index in [4.69, 9.17) is 15.2 Å². The number of fused-ring (bicyclic) bond motifs is 3. The van der Waals surface area contributed by atoms with Crippen LogP contribution in [0.3, 0.4) is 0 Å². The minimum Gasteiger partial charge on any atom is -0.458 e. The summed E-state index contributed by atoms with van der Waals surface area (Å²) in [7, 11) is 0. The Morgan fingerprint density at radius 3 is 2.10 bits per heavy atom. The lowest BCUT2D eigenvalue weighted by atomic mass is 9.98. The second-order valence-corrected chi connectivity index (χ2v) is 8.49. The summed E-state index contributed by atoms with van der Waals surface area (Å²) in [6.07, 6.45) is 0.355. The molecule has 2 aromatic carbocycles. The maximum atomic E-state index is 12.5. The number of alkyl carbamates (subject to hydrolysis) is 1. The summed E-state index contributed by atoms with van der Waals surface area (Å²) >= 11 is 0. The van der Waals surface area contributed by atoms with E-state index in [2.05, 4.69) is 29.6 Å². The molecule has 0 radical (unpaired) electrons. The SMILES string of the molecule is CC(C)(C)OC(=O)[C@@H](CCCN)NC(=O)OCC1c2ccccc2-c2ccccc21.Cl. The van der Waals surface area contributed by atoms with Crippen LogP contribution in [0.4, 0.5) is 4.79 Å². The number of ether oxygens (including phenoxy) is 2. The van der Waals surface area contributed by atoms with Gasteiger partial charge in [0.1, 0.15) is 18.2 Å². The number of nitrogens with one attached hydrogen (secondary N) is 1. The second kappa shape index (κ2) is 10.6. The van der Waals surface area contributed by atoms with Gasteiger partial charge in [-0.15, -0.1) is 12.4 Å². The number of hydrogen-bond donors (Lipinski definition) is 2. The van der Waals surface area contributed by atoms with E-state index in [0.717, 1.165) is 22.3 Å². The normalized spacial score (nSPS) is 13.4. The van der Waals surface area contributed by atoms with E-state index in [-0.39, 0.29) is 24.9 Å². The standard InChI is InChI=1S/C24H30N2O4.ClH/c1-24(2,3)30-22(27)21(13-8-14-25)26-23(28)29-15-20-18-11-6-4-9-16(18)17-10-5-7-12-19(17)20;/h4-7,9-12,20-21H,8,13-15,25H2,1-3H3,(H,26,28);1H/t21-;/m1./s1. The second-order valence-electron chi connectivity index (χ2n) is 8.49. The van der Waals surface area contributed by atoms with Gasteiger partial charge in [-0.25, -0.2) is 9.59 Å². The van der Waals surface area contributed by atoms with Crippen LogP contribution in [-0.2, 0) is 14.3 Å². The molecule has 3 N–H and O–H groups in total. The monoisotopic (exact) mass is 446 g/mol. The molecular formula is C24H31ClN2O4. The Bertz CT molecular complexity index is 865. The summed E-state index contributed by atoms with van der Waals surface area (Å²) in [6, 6.07) is 15.5. The molecule has 1 aliphatic carbocycles. The van der Waals surface area contributed by atoms with Gasteiger partial charge in [-0.1, -0.05) is 48.5 Å². The first kappa shape index (κ1) is 24.7. The number of halogens is 1. The predicted molar refractivity (Wildman–Crippen MR) is 123 cm³/mol. The molecule has 168 valence electrons. The highest BCUT2D eigenvalue weighted by molar-refractivity contribution is 5.85. The first-order valence-electron chi connectivity index (χ1n) is 10.3. The number of carbonyl (C=O) groups is 2. The Hall–Kier alpha value is -2.57. The minimum atomic E-state index is -0.788. The first-order chi connectivity index (χ1) is 14.3. The third kappa shape index (κ3) is 6.21. The van der Waals surface area contributed by atoms with E-state index in [1.807, 2.05) is 24.3 Å². The van der Waals surface area contributed by atoms with Gasteiger partial charge in [-0.05, 0) is 62.4 Å². The molecule has 0 saturated carbocycles. The van der Waals surface area contributed by atoms with Crippen LogP contribution in [0, 0.1) is 0 Å². The zero-order chi connectivity index (χ0) is 21.7. The van der Waals surface area contributed by atoms with E-state index in [0.29, 0.717) is 19.4 Å². The van der Waals surface area contributed by atoms with Gasteiger partial charge in [0.05, 0.1) is 0 Å². The van der Waals surface area contributed by atoms with Crippen molar-refractivity contribution in [2.45, 2.75) is 51.2 Å². The van der Waals surface area contributed by atoms with Crippen LogP contribution >= 0.6 is 12.4 Å². The quantitative estimate of drug-likeness (QED) is 0.615. The summed E-state index contributed by atoms with van der Waals surface area (Å²) in [4.78, 5) is 24.9. The Balaban J connectivity index is 0.00000341. The molecule has 31 heavy (non-hydrogen) atoms. The largest absolute Gasteiger partial charge is 0.458 e. The van der Waals surface area contributed by atoms with Crippen molar-refractivity contribution in [3.05, 3.63) is 59.7 Å². The number of amides is 1. The van der Waals surface area contributed by atoms with Crippen molar-refractivity contribution < 1.29 is 19.1 Å². The van der Waals surface area contributed by atoms with Crippen LogP contribution in [0.25, 0.3) is 11.1 Å². The van der Waals surface area contributed by atoms with Crippen LogP contribution in [0.2, 0.25) is 0 Å². The lowest BCUT2D eigenvalue weighted by Gasteiger charge is -2.24. The maximum Gasteiger partial charge on any atom is 0.407 e. The molecule has 1 atom stereocenters. The molecule has 0 fully saturated rings. The topological polar surface area (TPSA) is 90.6 Å². The van der Waals surface area contributed by atoms with Gasteiger partial charge >= 0.3 is 12.1 Å². The predicted octanol–water partition coefficient (Wildman–Crippen LogP) is 4.40. The summed E-state index contributed by atoms with van der Waals surface area (Å²) in [5, 5.41) is 2.65. The minimum absolute atomic E-state index is 0. The maximum absolute atomic E-state index is 12.5. The third-order valence-corrected chi connectivity index (χ3v) is 5.02. The fourth-order valence-corrected chi connectivity index (χ4v) is 3.73. The molecule has 0 aromatic heterocycles. The highest BCUT2D eigenvalue weighted by Gasteiger charge is 2.30. The van der Waals surface area contributed by atoms with Crippen molar-refractivity contribution in [3.63, 3.8) is 0 Å². The van der Waals surface area contributed by atoms with Crippen LogP contribution in [0.5, 0.6) is 0 Å². The zero-order valence-electron chi connectivity index (χ0n) is 18.2. The van der Waals surface area contributed by atoms with Crippen molar-refractivity contribution in [2.75, 3.05) is 13.2 Å². The number of esters is 1. The highest BCUT2D eigenvalue weighted by Crippen LogP contribution is 2.44. The summed E-state index contributed by atoms with van der Waals surface area (Å²) in [5.41, 5.74) is 9.53. The Morgan fingerprint density at radius 1 is 1.03 bits per heavy atom. The van der Waals surface area contributed by atoms with E-state index < -0.39 is 23.7 Å². The van der Waals surface area contributed by atoms with Crippen LogP contribution < -0.4 is 11.1 Å². The highest BCUT2D eigenvalue weighted by atomic mass is 35.5. The van der Waals surface area contributed by atoms with Crippen LogP contribution in [0.15, 0.2) is 48.5 Å². The molecule has 0 bridgehead atoms. The van der Waals surface area contributed by atoms with Crippen molar-refractivity contribution >= 4 is 24.5 Å². The van der Waals surface area contributed by atoms with Gasteiger partial charge in [0.25, 0.3) is 0 Å². The summed E-state index contributed by atoms with van der Waals surface area (Å²) in [6.45, 7) is 5.98. The van der Waals surface area contributed by atoms with Gasteiger partial charge in [-0.2, -0.15) is 0 Å². The summed E-state index contributed by atoms with van der Waals surface area (Å²) < 4.78 is 11.0. The van der Waals surface area contributed by atoms with E-state index in [9.17, 15) is 9.59 Å². The zero-order valence-corrected chi connectivity index (χ0v) is 19.0. The van der Waals surface area contributed by atoms with Crippen molar-refractivity contribution in [1.82, 2.24) is 5.32 Å². The van der Waals surface area contributed by atoms with E-state index in [1.165, 1.54) is 0 Å². The number of hydrogen-bond acceptors (Lipinski definition) is 5. The van der Waals surface area contributed by atoms with Crippen LogP contribution in [0.1, 0.15) is 50.7 Å². The van der Waals surface area contributed by atoms with Gasteiger partial charge in [0, 0.05) is 5.92 Å². The molecular weight excluding hydrogens is 416 g/mol. The number of carbonyl (C=O) groups excluding carboxylic acids is 2. The fraction of sp³-hybridized carbons (Fsp3) is 0.417. The Kier molecular flexibility index (Phi) is 8.48. The van der Waals surface area contributed by atoms with Crippen molar-refractivity contribution in [2.24, 2.45) is 5.73 Å².